The summed E-state index contributed by atoms with van der Waals surface area (Å²) >= 11 is 2.99. The van der Waals surface area contributed by atoms with Gasteiger partial charge >= 0.3 is 5.97 Å². The van der Waals surface area contributed by atoms with E-state index in [2.05, 4.69) is 21.2 Å². The first kappa shape index (κ1) is 15.7. The number of carbonyl (C=O) groups excluding carboxylic acids is 1. The van der Waals surface area contributed by atoms with Gasteiger partial charge in [-0.2, -0.15) is 0 Å². The maximum Gasteiger partial charge on any atom is 0.326 e. The van der Waals surface area contributed by atoms with E-state index in [1.54, 1.807) is 0 Å². The maximum absolute atomic E-state index is 11.8. The van der Waals surface area contributed by atoms with E-state index in [0.29, 0.717) is 0 Å². The standard InChI is InChI=1S/C10H12BrNO6S/c1-19(16,17)5-3-7(10(14)15)12-9(13)6-2-4-18-8(6)11/h2,4,7H,3,5H2,1H3,(H,12,13)(H,14,15). The average Bonchev–Trinajstić information content (AvgIpc) is 2.68. The van der Waals surface area contributed by atoms with E-state index in [-0.39, 0.29) is 22.4 Å². The summed E-state index contributed by atoms with van der Waals surface area (Å²) in [6.07, 6.45) is 2.07. The summed E-state index contributed by atoms with van der Waals surface area (Å²) in [5.74, 6) is -2.27. The molecular weight excluding hydrogens is 342 g/mol. The Morgan fingerprint density at radius 1 is 1.53 bits per heavy atom. The Bertz CT molecular complexity index is 579. The summed E-state index contributed by atoms with van der Waals surface area (Å²) < 4.78 is 27.0. The molecule has 0 bridgehead atoms. The number of aliphatic carboxylic acids is 1. The fourth-order valence-electron chi connectivity index (χ4n) is 1.28. The number of hydrogen-bond acceptors (Lipinski definition) is 5. The lowest BCUT2D eigenvalue weighted by molar-refractivity contribution is -0.139. The predicted molar refractivity (Wildman–Crippen MR) is 69.6 cm³/mol. The molecule has 0 spiro atoms. The lowest BCUT2D eigenvalue weighted by Gasteiger charge is -2.13. The molecule has 0 aromatic carbocycles. The first-order valence-corrected chi connectivity index (χ1v) is 8.00. The van der Waals surface area contributed by atoms with Crippen LogP contribution in [0.2, 0.25) is 0 Å². The molecule has 1 rings (SSSR count). The minimum Gasteiger partial charge on any atom is -0.480 e. The van der Waals surface area contributed by atoms with Gasteiger partial charge in [0.15, 0.2) is 4.67 Å². The van der Waals surface area contributed by atoms with Gasteiger partial charge in [0.25, 0.3) is 5.91 Å². The van der Waals surface area contributed by atoms with Gasteiger partial charge in [-0.05, 0) is 28.4 Å². The Balaban J connectivity index is 2.72. The molecule has 106 valence electrons. The zero-order valence-corrected chi connectivity index (χ0v) is 12.3. The normalized spacial score (nSPS) is 12.9. The van der Waals surface area contributed by atoms with Crippen molar-refractivity contribution >= 4 is 37.6 Å². The molecule has 2 N–H and O–H groups in total. The van der Waals surface area contributed by atoms with Crippen molar-refractivity contribution in [3.8, 4) is 0 Å². The molecule has 0 radical (unpaired) electrons. The van der Waals surface area contributed by atoms with Crippen LogP contribution in [0.25, 0.3) is 0 Å². The number of rotatable bonds is 6. The molecule has 0 fully saturated rings. The van der Waals surface area contributed by atoms with Gasteiger partial charge in [-0.1, -0.05) is 0 Å². The van der Waals surface area contributed by atoms with E-state index in [1.165, 1.54) is 12.3 Å². The highest BCUT2D eigenvalue weighted by Crippen LogP contribution is 2.17. The van der Waals surface area contributed by atoms with E-state index in [1.807, 2.05) is 0 Å². The van der Waals surface area contributed by atoms with Crippen LogP contribution < -0.4 is 5.32 Å². The number of halogens is 1. The molecule has 0 aliphatic carbocycles. The minimum absolute atomic E-state index is 0.144. The van der Waals surface area contributed by atoms with Crippen molar-refractivity contribution in [2.24, 2.45) is 0 Å². The van der Waals surface area contributed by atoms with Gasteiger partial charge in [0.2, 0.25) is 0 Å². The molecule has 0 aliphatic heterocycles. The monoisotopic (exact) mass is 353 g/mol. The molecule has 1 aromatic heterocycles. The van der Waals surface area contributed by atoms with Crippen LogP contribution in [0.4, 0.5) is 0 Å². The van der Waals surface area contributed by atoms with Crippen molar-refractivity contribution < 1.29 is 27.5 Å². The Morgan fingerprint density at radius 3 is 2.58 bits per heavy atom. The number of carboxylic acids is 1. The fraction of sp³-hybridized carbons (Fsp3) is 0.400. The molecule has 1 atom stereocenters. The van der Waals surface area contributed by atoms with E-state index >= 15 is 0 Å². The average molecular weight is 354 g/mol. The quantitative estimate of drug-likeness (QED) is 0.776. The van der Waals surface area contributed by atoms with Crippen LogP contribution in [0.3, 0.4) is 0 Å². The SMILES string of the molecule is CS(=O)(=O)CCC(NC(=O)c1ccoc1Br)C(=O)O. The Labute approximate surface area is 118 Å². The van der Waals surface area contributed by atoms with Gasteiger partial charge < -0.3 is 14.8 Å². The van der Waals surface area contributed by atoms with Crippen molar-refractivity contribution in [2.75, 3.05) is 12.0 Å². The molecule has 9 heteroatoms. The number of carboxylic acid groups (broad SMARTS) is 1. The van der Waals surface area contributed by atoms with Crippen LogP contribution in [-0.2, 0) is 14.6 Å². The Morgan fingerprint density at radius 2 is 2.16 bits per heavy atom. The number of amides is 1. The van der Waals surface area contributed by atoms with Crippen molar-refractivity contribution in [2.45, 2.75) is 12.5 Å². The van der Waals surface area contributed by atoms with Crippen LogP contribution in [0, 0.1) is 0 Å². The van der Waals surface area contributed by atoms with E-state index < -0.39 is 27.8 Å². The molecule has 7 nitrogen and oxygen atoms in total. The number of furan rings is 1. The molecule has 19 heavy (non-hydrogen) atoms. The molecule has 0 saturated carbocycles. The van der Waals surface area contributed by atoms with Crippen molar-refractivity contribution in [1.29, 1.82) is 0 Å². The summed E-state index contributed by atoms with van der Waals surface area (Å²) in [7, 11) is -3.29. The van der Waals surface area contributed by atoms with Crippen LogP contribution in [0.1, 0.15) is 16.8 Å². The smallest absolute Gasteiger partial charge is 0.326 e. The van der Waals surface area contributed by atoms with Crippen LogP contribution >= 0.6 is 15.9 Å². The number of carbonyl (C=O) groups is 2. The number of hydrogen-bond donors (Lipinski definition) is 2. The summed E-state index contributed by atoms with van der Waals surface area (Å²) in [5, 5.41) is 11.2. The van der Waals surface area contributed by atoms with Crippen molar-refractivity contribution in [3.05, 3.63) is 22.6 Å². The van der Waals surface area contributed by atoms with Crippen molar-refractivity contribution in [3.63, 3.8) is 0 Å². The van der Waals surface area contributed by atoms with E-state index in [9.17, 15) is 18.0 Å². The zero-order chi connectivity index (χ0) is 14.6. The summed E-state index contributed by atoms with van der Waals surface area (Å²) in [4.78, 5) is 22.7. The lowest BCUT2D eigenvalue weighted by Crippen LogP contribution is -2.41. The third kappa shape index (κ3) is 5.03. The first-order valence-electron chi connectivity index (χ1n) is 5.15. The van der Waals surface area contributed by atoms with Gasteiger partial charge in [-0.3, -0.25) is 4.79 Å². The second-order valence-corrected chi connectivity index (χ2v) is 6.87. The molecule has 1 heterocycles. The summed E-state index contributed by atoms with van der Waals surface area (Å²) in [5.41, 5.74) is 0.144. The van der Waals surface area contributed by atoms with E-state index in [4.69, 9.17) is 9.52 Å². The Kier molecular flexibility index (Phi) is 5.12. The molecule has 1 unspecified atom stereocenters. The highest BCUT2D eigenvalue weighted by molar-refractivity contribution is 9.10. The van der Waals surface area contributed by atoms with E-state index in [0.717, 1.165) is 6.26 Å². The summed E-state index contributed by atoms with van der Waals surface area (Å²) in [6, 6.07) is 0.0959. The molecule has 1 aromatic rings. The van der Waals surface area contributed by atoms with Crippen LogP contribution in [0.5, 0.6) is 0 Å². The third-order valence-electron chi connectivity index (χ3n) is 2.24. The maximum atomic E-state index is 11.8. The van der Waals surface area contributed by atoms with Gasteiger partial charge in [-0.15, -0.1) is 0 Å². The second kappa shape index (κ2) is 6.20. The van der Waals surface area contributed by atoms with Gasteiger partial charge in [0, 0.05) is 6.26 Å². The van der Waals surface area contributed by atoms with Gasteiger partial charge in [0.05, 0.1) is 17.6 Å². The topological polar surface area (TPSA) is 114 Å². The predicted octanol–water partition coefficient (Wildman–Crippen LogP) is 0.660. The molecular formula is C10H12BrNO6S. The van der Waals surface area contributed by atoms with Crippen LogP contribution in [0.15, 0.2) is 21.4 Å². The summed E-state index contributed by atoms with van der Waals surface area (Å²) in [6.45, 7) is 0. The van der Waals surface area contributed by atoms with Crippen LogP contribution in [-0.4, -0.2) is 43.5 Å². The number of nitrogens with one attached hydrogen (secondary N) is 1. The highest BCUT2D eigenvalue weighted by Gasteiger charge is 2.23. The largest absolute Gasteiger partial charge is 0.480 e. The second-order valence-electron chi connectivity index (χ2n) is 3.89. The zero-order valence-electron chi connectivity index (χ0n) is 9.92. The third-order valence-corrected chi connectivity index (χ3v) is 3.83. The Hall–Kier alpha value is -1.35. The molecule has 0 aliphatic rings. The molecule has 1 amide bonds. The molecule has 0 saturated heterocycles. The van der Waals surface area contributed by atoms with Gasteiger partial charge in [-0.25, -0.2) is 13.2 Å². The minimum atomic E-state index is -3.29. The van der Waals surface area contributed by atoms with Crippen molar-refractivity contribution in [1.82, 2.24) is 5.32 Å². The lowest BCUT2D eigenvalue weighted by atomic mass is 10.2. The highest BCUT2D eigenvalue weighted by atomic mass is 79.9. The first-order chi connectivity index (χ1) is 8.70. The number of sulfone groups is 1. The van der Waals surface area contributed by atoms with Gasteiger partial charge in [0.1, 0.15) is 15.9 Å². The fourth-order valence-corrected chi connectivity index (χ4v) is 2.37.